The quantitative estimate of drug-likeness (QED) is 0.753. The molecule has 0 aromatic carbocycles. The van der Waals surface area contributed by atoms with Crippen LogP contribution in [-0.4, -0.2) is 36.6 Å². The summed E-state index contributed by atoms with van der Waals surface area (Å²) >= 11 is 0. The number of likely N-dealkylation sites (tertiary alicyclic amines) is 1. The Morgan fingerprint density at radius 2 is 1.67 bits per heavy atom. The molecule has 2 nitrogen and oxygen atoms in total. The first-order valence-electron chi connectivity index (χ1n) is 6.77. The van der Waals surface area contributed by atoms with Crippen LogP contribution in [0.3, 0.4) is 0 Å². The summed E-state index contributed by atoms with van der Waals surface area (Å²) in [5, 5.41) is 3.61. The Balaban J connectivity index is 2.43. The Labute approximate surface area is 95.4 Å². The molecule has 0 bridgehead atoms. The van der Waals surface area contributed by atoms with Crippen LogP contribution in [0, 0.1) is 0 Å². The van der Waals surface area contributed by atoms with E-state index in [-0.39, 0.29) is 0 Å². The highest BCUT2D eigenvalue weighted by atomic mass is 15.2. The topological polar surface area (TPSA) is 15.3 Å². The lowest BCUT2D eigenvalue weighted by Gasteiger charge is -2.34. The van der Waals surface area contributed by atoms with Gasteiger partial charge in [-0.25, -0.2) is 0 Å². The first-order chi connectivity index (χ1) is 7.29. The summed E-state index contributed by atoms with van der Waals surface area (Å²) in [5.74, 6) is 0. The molecule has 0 spiro atoms. The van der Waals surface area contributed by atoms with Crippen molar-refractivity contribution < 1.29 is 0 Å². The smallest absolute Gasteiger partial charge is 0.0220 e. The third kappa shape index (κ3) is 4.12. The summed E-state index contributed by atoms with van der Waals surface area (Å²) in [6.45, 7) is 10.6. The summed E-state index contributed by atoms with van der Waals surface area (Å²) in [4.78, 5) is 2.68. The molecule has 1 heterocycles. The number of nitrogens with one attached hydrogen (secondary N) is 1. The largest absolute Gasteiger partial charge is 0.313 e. The van der Waals surface area contributed by atoms with Crippen LogP contribution >= 0.6 is 0 Å². The first-order valence-corrected chi connectivity index (χ1v) is 6.77. The van der Waals surface area contributed by atoms with Gasteiger partial charge in [-0.1, -0.05) is 26.7 Å². The second-order valence-corrected chi connectivity index (χ2v) is 4.76. The van der Waals surface area contributed by atoms with Crippen molar-refractivity contribution in [3.63, 3.8) is 0 Å². The fourth-order valence-corrected chi connectivity index (χ4v) is 2.68. The molecule has 0 radical (unpaired) electrons. The Bertz CT molecular complexity index is 151. The van der Waals surface area contributed by atoms with E-state index in [2.05, 4.69) is 31.0 Å². The van der Waals surface area contributed by atoms with E-state index < -0.39 is 0 Å². The van der Waals surface area contributed by atoms with Crippen molar-refractivity contribution in [2.75, 3.05) is 19.6 Å². The molecule has 1 rings (SSSR count). The highest BCUT2D eigenvalue weighted by Gasteiger charge is 2.21. The Hall–Kier alpha value is -0.0800. The summed E-state index contributed by atoms with van der Waals surface area (Å²) in [6.07, 6.45) is 6.90. The zero-order valence-electron chi connectivity index (χ0n) is 10.8. The van der Waals surface area contributed by atoms with Crippen LogP contribution in [0.4, 0.5) is 0 Å². The van der Waals surface area contributed by atoms with Gasteiger partial charge in [0, 0.05) is 12.1 Å². The van der Waals surface area contributed by atoms with Crippen LogP contribution < -0.4 is 5.32 Å². The molecule has 1 aliphatic heterocycles. The molecule has 90 valence electrons. The maximum absolute atomic E-state index is 3.61. The third-order valence-corrected chi connectivity index (χ3v) is 3.71. The van der Waals surface area contributed by atoms with Gasteiger partial charge < -0.3 is 5.32 Å². The van der Waals surface area contributed by atoms with Gasteiger partial charge in [-0.05, 0) is 45.8 Å². The third-order valence-electron chi connectivity index (χ3n) is 3.71. The van der Waals surface area contributed by atoms with E-state index in [9.17, 15) is 0 Å². The maximum Gasteiger partial charge on any atom is 0.0220 e. The van der Waals surface area contributed by atoms with Crippen molar-refractivity contribution in [1.29, 1.82) is 0 Å². The lowest BCUT2D eigenvalue weighted by molar-refractivity contribution is 0.173. The zero-order valence-corrected chi connectivity index (χ0v) is 10.8. The summed E-state index contributed by atoms with van der Waals surface area (Å²) < 4.78 is 0. The molecule has 2 atom stereocenters. The SMILES string of the molecule is CCNC(CC)C(C)N1CCCCCC1. The monoisotopic (exact) mass is 212 g/mol. The molecular formula is C13H28N2. The van der Waals surface area contributed by atoms with Crippen LogP contribution in [0.2, 0.25) is 0 Å². The number of hydrogen-bond acceptors (Lipinski definition) is 2. The average molecular weight is 212 g/mol. The second-order valence-electron chi connectivity index (χ2n) is 4.76. The van der Waals surface area contributed by atoms with Crippen molar-refractivity contribution in [2.45, 2.75) is 65.0 Å². The minimum Gasteiger partial charge on any atom is -0.313 e. The van der Waals surface area contributed by atoms with Crippen LogP contribution in [0.5, 0.6) is 0 Å². The first kappa shape index (κ1) is 13.0. The van der Waals surface area contributed by atoms with Crippen molar-refractivity contribution in [2.24, 2.45) is 0 Å². The summed E-state index contributed by atoms with van der Waals surface area (Å²) in [5.41, 5.74) is 0. The van der Waals surface area contributed by atoms with E-state index in [1.165, 1.54) is 45.2 Å². The number of rotatable bonds is 5. The Kier molecular flexibility index (Phi) is 6.26. The summed E-state index contributed by atoms with van der Waals surface area (Å²) in [6, 6.07) is 1.38. The van der Waals surface area contributed by atoms with Gasteiger partial charge in [-0.15, -0.1) is 0 Å². The molecule has 1 aliphatic rings. The van der Waals surface area contributed by atoms with Crippen molar-refractivity contribution >= 4 is 0 Å². The molecule has 1 fully saturated rings. The molecule has 0 aliphatic carbocycles. The highest BCUT2D eigenvalue weighted by molar-refractivity contribution is 4.81. The minimum absolute atomic E-state index is 0.674. The number of likely N-dealkylation sites (N-methyl/N-ethyl adjacent to an activating group) is 1. The number of nitrogens with zero attached hydrogens (tertiary/aromatic N) is 1. The summed E-state index contributed by atoms with van der Waals surface area (Å²) in [7, 11) is 0. The Morgan fingerprint density at radius 3 is 2.13 bits per heavy atom. The molecule has 2 unspecified atom stereocenters. The normalized spacial score (nSPS) is 23.4. The molecule has 1 N–H and O–H groups in total. The van der Waals surface area contributed by atoms with Gasteiger partial charge in [-0.2, -0.15) is 0 Å². The number of hydrogen-bond donors (Lipinski definition) is 1. The van der Waals surface area contributed by atoms with Gasteiger partial charge in [0.25, 0.3) is 0 Å². The highest BCUT2D eigenvalue weighted by Crippen LogP contribution is 2.15. The van der Waals surface area contributed by atoms with Gasteiger partial charge in [0.1, 0.15) is 0 Å². The molecule has 15 heavy (non-hydrogen) atoms. The predicted molar refractivity (Wildman–Crippen MR) is 67.3 cm³/mol. The molecule has 0 saturated carbocycles. The fraction of sp³-hybridized carbons (Fsp3) is 1.00. The molecular weight excluding hydrogens is 184 g/mol. The van der Waals surface area contributed by atoms with E-state index in [1.54, 1.807) is 0 Å². The predicted octanol–water partition coefficient (Wildman–Crippen LogP) is 2.64. The lowest BCUT2D eigenvalue weighted by Crippen LogP contribution is -2.48. The van der Waals surface area contributed by atoms with E-state index in [4.69, 9.17) is 0 Å². The maximum atomic E-state index is 3.61. The van der Waals surface area contributed by atoms with Crippen LogP contribution in [-0.2, 0) is 0 Å². The van der Waals surface area contributed by atoms with E-state index >= 15 is 0 Å². The van der Waals surface area contributed by atoms with Gasteiger partial charge in [0.05, 0.1) is 0 Å². The Morgan fingerprint density at radius 1 is 1.07 bits per heavy atom. The molecule has 2 heteroatoms. The molecule has 1 saturated heterocycles. The van der Waals surface area contributed by atoms with E-state index in [0.29, 0.717) is 12.1 Å². The second kappa shape index (κ2) is 7.24. The average Bonchev–Trinajstić information content (AvgIpc) is 2.53. The van der Waals surface area contributed by atoms with Gasteiger partial charge in [0.2, 0.25) is 0 Å². The standard InChI is InChI=1S/C13H28N2/c1-4-13(14-5-2)12(3)15-10-8-6-7-9-11-15/h12-14H,4-11H2,1-3H3. The van der Waals surface area contributed by atoms with E-state index in [1.807, 2.05) is 0 Å². The fourth-order valence-electron chi connectivity index (χ4n) is 2.68. The van der Waals surface area contributed by atoms with E-state index in [0.717, 1.165) is 6.54 Å². The van der Waals surface area contributed by atoms with Crippen LogP contribution in [0.25, 0.3) is 0 Å². The van der Waals surface area contributed by atoms with Gasteiger partial charge in [0.15, 0.2) is 0 Å². The van der Waals surface area contributed by atoms with Crippen LogP contribution in [0.1, 0.15) is 52.9 Å². The molecule has 0 aromatic rings. The van der Waals surface area contributed by atoms with Crippen molar-refractivity contribution in [3.8, 4) is 0 Å². The zero-order chi connectivity index (χ0) is 11.1. The van der Waals surface area contributed by atoms with Crippen LogP contribution in [0.15, 0.2) is 0 Å². The molecule has 0 aromatic heterocycles. The van der Waals surface area contributed by atoms with Gasteiger partial charge in [-0.3, -0.25) is 4.90 Å². The minimum atomic E-state index is 0.674. The van der Waals surface area contributed by atoms with Gasteiger partial charge >= 0.3 is 0 Å². The molecule has 0 amide bonds. The van der Waals surface area contributed by atoms with Crippen molar-refractivity contribution in [3.05, 3.63) is 0 Å². The van der Waals surface area contributed by atoms with Crippen molar-refractivity contribution in [1.82, 2.24) is 10.2 Å². The lowest BCUT2D eigenvalue weighted by atomic mass is 10.1.